The quantitative estimate of drug-likeness (QED) is 0.602. The zero-order chi connectivity index (χ0) is 22.5. The van der Waals surface area contributed by atoms with Gasteiger partial charge in [-0.1, -0.05) is 18.2 Å². The van der Waals surface area contributed by atoms with Gasteiger partial charge in [-0.3, -0.25) is 4.79 Å². The smallest absolute Gasteiger partial charge is 0.295 e. The molecule has 6 nitrogen and oxygen atoms in total. The topological polar surface area (TPSA) is 69.0 Å². The van der Waals surface area contributed by atoms with E-state index in [4.69, 9.17) is 4.74 Å². The van der Waals surface area contributed by atoms with E-state index in [1.54, 1.807) is 24.6 Å². The van der Waals surface area contributed by atoms with Gasteiger partial charge in [0.2, 0.25) is 5.75 Å². The van der Waals surface area contributed by atoms with Gasteiger partial charge >= 0.3 is 0 Å². The van der Waals surface area contributed by atoms with E-state index in [-0.39, 0.29) is 22.4 Å². The SMILES string of the molecule is COc1c(=O)n(C2(C)CC2)cc2c(N[C@H](C)c3cccc(C(F)F)c3F)nc(C)nc12. The van der Waals surface area contributed by atoms with Gasteiger partial charge < -0.3 is 14.6 Å². The highest BCUT2D eigenvalue weighted by atomic mass is 19.3. The van der Waals surface area contributed by atoms with Crippen molar-refractivity contribution in [3.05, 3.63) is 57.5 Å². The first-order chi connectivity index (χ1) is 14.7. The molecule has 1 atom stereocenters. The van der Waals surface area contributed by atoms with Crippen LogP contribution in [0.3, 0.4) is 0 Å². The van der Waals surface area contributed by atoms with Crippen molar-refractivity contribution in [3.63, 3.8) is 0 Å². The monoisotopic (exact) mass is 432 g/mol. The maximum Gasteiger partial charge on any atom is 0.295 e. The predicted octanol–water partition coefficient (Wildman–Crippen LogP) is 4.87. The van der Waals surface area contributed by atoms with E-state index >= 15 is 0 Å². The molecule has 1 aromatic carbocycles. The Morgan fingerprint density at radius 3 is 2.52 bits per heavy atom. The van der Waals surface area contributed by atoms with Crippen LogP contribution in [0.5, 0.6) is 5.75 Å². The number of nitrogens with one attached hydrogen (secondary N) is 1. The Hall–Kier alpha value is -3.10. The van der Waals surface area contributed by atoms with Crippen molar-refractivity contribution in [1.29, 1.82) is 0 Å². The van der Waals surface area contributed by atoms with Crippen LogP contribution in [0.25, 0.3) is 10.9 Å². The summed E-state index contributed by atoms with van der Waals surface area (Å²) in [4.78, 5) is 21.8. The third-order valence-electron chi connectivity index (χ3n) is 5.82. The lowest BCUT2D eigenvalue weighted by Crippen LogP contribution is -2.29. The van der Waals surface area contributed by atoms with E-state index in [1.807, 2.05) is 6.92 Å². The largest absolute Gasteiger partial charge is 0.490 e. The average molecular weight is 432 g/mol. The standard InChI is InChI=1S/C22H23F3N4O2/c1-11(13-6-5-7-14(16(13)23)19(24)25)26-20-15-10-29(22(3)8-9-22)21(30)18(31-4)17(15)27-12(2)28-20/h5-7,10-11,19H,8-9H2,1-4H3,(H,26,27,28)/t11-/m1/s1. The molecule has 4 rings (SSSR count). The minimum absolute atomic E-state index is 0.0941. The second kappa shape index (κ2) is 7.55. The lowest BCUT2D eigenvalue weighted by molar-refractivity contribution is 0.146. The Bertz CT molecular complexity index is 1220. The van der Waals surface area contributed by atoms with Gasteiger partial charge in [0.1, 0.15) is 23.0 Å². The highest BCUT2D eigenvalue weighted by molar-refractivity contribution is 5.92. The van der Waals surface area contributed by atoms with Crippen molar-refractivity contribution >= 4 is 16.7 Å². The molecular formula is C22H23F3N4O2. The molecule has 1 aliphatic carbocycles. The Morgan fingerprint density at radius 2 is 1.90 bits per heavy atom. The van der Waals surface area contributed by atoms with E-state index in [2.05, 4.69) is 15.3 Å². The summed E-state index contributed by atoms with van der Waals surface area (Å²) >= 11 is 0. The van der Waals surface area contributed by atoms with Gasteiger partial charge in [0.15, 0.2) is 0 Å². The van der Waals surface area contributed by atoms with Crippen molar-refractivity contribution in [2.24, 2.45) is 0 Å². The van der Waals surface area contributed by atoms with Gasteiger partial charge in [-0.25, -0.2) is 23.1 Å². The van der Waals surface area contributed by atoms with E-state index in [0.29, 0.717) is 22.5 Å². The summed E-state index contributed by atoms with van der Waals surface area (Å²) in [5, 5.41) is 3.65. The normalized spacial score (nSPS) is 15.9. The fourth-order valence-corrected chi connectivity index (χ4v) is 3.75. The van der Waals surface area contributed by atoms with Crippen LogP contribution in [-0.4, -0.2) is 21.6 Å². The lowest BCUT2D eigenvalue weighted by atomic mass is 10.0. The van der Waals surface area contributed by atoms with Gasteiger partial charge in [0.05, 0.1) is 24.1 Å². The third-order valence-corrected chi connectivity index (χ3v) is 5.82. The zero-order valence-corrected chi connectivity index (χ0v) is 17.7. The van der Waals surface area contributed by atoms with Crippen LogP contribution >= 0.6 is 0 Å². The molecule has 1 saturated carbocycles. The molecule has 1 fully saturated rings. The summed E-state index contributed by atoms with van der Waals surface area (Å²) < 4.78 is 47.9. The molecule has 9 heteroatoms. The number of methoxy groups -OCH3 is 1. The van der Waals surface area contributed by atoms with Gasteiger partial charge in [-0.15, -0.1) is 0 Å². The van der Waals surface area contributed by atoms with Crippen molar-refractivity contribution in [2.75, 3.05) is 12.4 Å². The number of ether oxygens (including phenoxy) is 1. The highest BCUT2D eigenvalue weighted by Gasteiger charge is 2.41. The number of alkyl halides is 2. The molecule has 31 heavy (non-hydrogen) atoms. The third kappa shape index (κ3) is 3.62. The molecular weight excluding hydrogens is 409 g/mol. The fraction of sp³-hybridized carbons (Fsp3) is 0.409. The number of rotatable bonds is 6. The van der Waals surface area contributed by atoms with Crippen LogP contribution in [0.2, 0.25) is 0 Å². The number of fused-ring (bicyclic) bond motifs is 1. The maximum absolute atomic E-state index is 14.7. The number of anilines is 1. The zero-order valence-electron chi connectivity index (χ0n) is 17.7. The number of halogens is 3. The molecule has 1 N–H and O–H groups in total. The summed E-state index contributed by atoms with van der Waals surface area (Å²) in [5.74, 6) is -0.0875. The van der Waals surface area contributed by atoms with Crippen LogP contribution in [-0.2, 0) is 5.54 Å². The molecule has 0 saturated heterocycles. The van der Waals surface area contributed by atoms with Crippen LogP contribution in [0, 0.1) is 12.7 Å². The number of benzene rings is 1. The summed E-state index contributed by atoms with van der Waals surface area (Å²) in [6, 6.07) is 3.26. The van der Waals surface area contributed by atoms with Gasteiger partial charge in [-0.05, 0) is 33.6 Å². The molecule has 2 heterocycles. The van der Waals surface area contributed by atoms with Crippen LogP contribution in [0.15, 0.2) is 29.2 Å². The van der Waals surface area contributed by atoms with Crippen molar-refractivity contribution in [1.82, 2.24) is 14.5 Å². The number of nitrogens with zero attached hydrogens (tertiary/aromatic N) is 3. The van der Waals surface area contributed by atoms with E-state index < -0.39 is 23.8 Å². The Balaban J connectivity index is 1.85. The molecule has 0 unspecified atom stereocenters. The number of aromatic nitrogens is 3. The summed E-state index contributed by atoms with van der Waals surface area (Å²) in [6.45, 7) is 5.31. The highest BCUT2D eigenvalue weighted by Crippen LogP contribution is 2.43. The molecule has 0 radical (unpaired) electrons. The van der Waals surface area contributed by atoms with Crippen molar-refractivity contribution < 1.29 is 17.9 Å². The number of pyridine rings is 1. The number of hydrogen-bond acceptors (Lipinski definition) is 5. The van der Waals surface area contributed by atoms with Crippen molar-refractivity contribution in [3.8, 4) is 5.75 Å². The summed E-state index contributed by atoms with van der Waals surface area (Å²) in [7, 11) is 1.41. The van der Waals surface area contributed by atoms with Crippen molar-refractivity contribution in [2.45, 2.75) is 51.6 Å². The van der Waals surface area contributed by atoms with Crippen LogP contribution in [0.4, 0.5) is 19.0 Å². The Morgan fingerprint density at radius 1 is 1.23 bits per heavy atom. The molecule has 0 spiro atoms. The van der Waals surface area contributed by atoms with Crippen LogP contribution < -0.4 is 15.6 Å². The van der Waals surface area contributed by atoms with E-state index in [1.165, 1.54) is 19.2 Å². The molecule has 0 amide bonds. The molecule has 2 aromatic heterocycles. The lowest BCUT2D eigenvalue weighted by Gasteiger charge is -2.21. The molecule has 1 aliphatic rings. The molecule has 3 aromatic rings. The molecule has 0 bridgehead atoms. The van der Waals surface area contributed by atoms with E-state index in [9.17, 15) is 18.0 Å². The maximum atomic E-state index is 14.7. The predicted molar refractivity (Wildman–Crippen MR) is 111 cm³/mol. The minimum atomic E-state index is -2.91. The van der Waals surface area contributed by atoms with Gasteiger partial charge in [0.25, 0.3) is 12.0 Å². The van der Waals surface area contributed by atoms with Crippen LogP contribution in [0.1, 0.15) is 56.1 Å². The summed E-state index contributed by atoms with van der Waals surface area (Å²) in [6.07, 6.45) is 0.499. The first-order valence-electron chi connectivity index (χ1n) is 9.97. The summed E-state index contributed by atoms with van der Waals surface area (Å²) in [5.41, 5.74) is -0.784. The first-order valence-corrected chi connectivity index (χ1v) is 9.97. The van der Waals surface area contributed by atoms with Gasteiger partial charge in [0, 0.05) is 17.3 Å². The Kier molecular flexibility index (Phi) is 5.15. The fourth-order valence-electron chi connectivity index (χ4n) is 3.75. The minimum Gasteiger partial charge on any atom is -0.490 e. The Labute approximate surface area is 177 Å². The first kappa shape index (κ1) is 21.1. The second-order valence-electron chi connectivity index (χ2n) is 8.13. The number of aryl methyl sites for hydroxylation is 1. The molecule has 164 valence electrons. The average Bonchev–Trinajstić information content (AvgIpc) is 3.45. The van der Waals surface area contributed by atoms with E-state index in [0.717, 1.165) is 18.9 Å². The van der Waals surface area contributed by atoms with Gasteiger partial charge in [-0.2, -0.15) is 0 Å². The second-order valence-corrected chi connectivity index (χ2v) is 8.13. The number of hydrogen-bond donors (Lipinski definition) is 1. The molecule has 0 aliphatic heterocycles.